The van der Waals surface area contributed by atoms with Crippen molar-refractivity contribution in [2.45, 2.75) is 13.8 Å². The smallest absolute Gasteiger partial charge is 0.269 e. The van der Waals surface area contributed by atoms with Crippen LogP contribution in [0.15, 0.2) is 24.3 Å². The van der Waals surface area contributed by atoms with Crippen LogP contribution in [0.25, 0.3) is 0 Å². The molecule has 20 heavy (non-hydrogen) atoms. The van der Waals surface area contributed by atoms with E-state index in [1.807, 2.05) is 0 Å². The lowest BCUT2D eigenvalue weighted by atomic mass is 10.1. The number of carbonyl (C=O) groups is 1. The highest BCUT2D eigenvalue weighted by Crippen LogP contribution is 2.21. The highest BCUT2D eigenvalue weighted by molar-refractivity contribution is 6.07. The topological polar surface area (TPSA) is 92.1 Å². The van der Waals surface area contributed by atoms with Gasteiger partial charge in [-0.25, -0.2) is 0 Å². The number of aromatic nitrogens is 2. The summed E-state index contributed by atoms with van der Waals surface area (Å²) in [6.45, 7) is 3.53. The number of nitro benzene ring substituents is 1. The lowest BCUT2D eigenvalue weighted by Crippen LogP contribution is -2.27. The van der Waals surface area contributed by atoms with E-state index >= 15 is 0 Å². The van der Waals surface area contributed by atoms with E-state index in [-0.39, 0.29) is 11.6 Å². The van der Waals surface area contributed by atoms with Gasteiger partial charge < -0.3 is 4.90 Å². The Hall–Kier alpha value is -2.70. The number of hydrogen-bond acceptors (Lipinski definition) is 4. The number of aryl methyl sites for hydroxylation is 2. The van der Waals surface area contributed by atoms with Gasteiger partial charge in [-0.05, 0) is 26.0 Å². The minimum atomic E-state index is -0.476. The van der Waals surface area contributed by atoms with Crippen LogP contribution < -0.4 is 4.90 Å². The van der Waals surface area contributed by atoms with Crippen molar-refractivity contribution in [3.05, 3.63) is 51.3 Å². The maximum atomic E-state index is 12.4. The molecule has 0 radical (unpaired) electrons. The fraction of sp³-hybridized carbons (Fsp3) is 0.231. The van der Waals surface area contributed by atoms with Crippen molar-refractivity contribution in [1.82, 2.24) is 10.2 Å². The molecule has 7 nitrogen and oxygen atoms in total. The van der Waals surface area contributed by atoms with Gasteiger partial charge in [-0.3, -0.25) is 20.0 Å². The third-order valence-electron chi connectivity index (χ3n) is 3.09. The fourth-order valence-corrected chi connectivity index (χ4v) is 1.95. The molecule has 7 heteroatoms. The highest BCUT2D eigenvalue weighted by Gasteiger charge is 2.20. The van der Waals surface area contributed by atoms with Crippen LogP contribution in [-0.4, -0.2) is 28.1 Å². The van der Waals surface area contributed by atoms with E-state index in [0.717, 1.165) is 0 Å². The molecule has 0 unspecified atom stereocenters. The van der Waals surface area contributed by atoms with Gasteiger partial charge in [0.1, 0.15) is 0 Å². The third kappa shape index (κ3) is 2.37. The number of nitro groups is 1. The summed E-state index contributed by atoms with van der Waals surface area (Å²) in [5.74, 6) is -0.206. The number of nitrogens with zero attached hydrogens (tertiary/aromatic N) is 3. The van der Waals surface area contributed by atoms with Crippen LogP contribution in [0, 0.1) is 24.0 Å². The van der Waals surface area contributed by atoms with Gasteiger partial charge in [0.15, 0.2) is 0 Å². The summed E-state index contributed by atoms with van der Waals surface area (Å²) in [4.78, 5) is 24.0. The lowest BCUT2D eigenvalue weighted by Gasteiger charge is -2.17. The standard InChI is InChI=1S/C13H14N4O3/c1-8-12(9(2)15-14-8)13(18)16(3)10-4-6-11(7-5-10)17(19)20/h4-7H,1-3H3,(H,14,15). The largest absolute Gasteiger partial charge is 0.311 e. The molecule has 0 fully saturated rings. The molecule has 104 valence electrons. The van der Waals surface area contributed by atoms with Crippen LogP contribution in [0.2, 0.25) is 0 Å². The molecule has 1 heterocycles. The molecule has 0 saturated carbocycles. The number of non-ortho nitro benzene ring substituents is 1. The van der Waals surface area contributed by atoms with E-state index in [0.29, 0.717) is 22.6 Å². The minimum Gasteiger partial charge on any atom is -0.311 e. The Kier molecular flexibility index (Phi) is 3.51. The predicted octanol–water partition coefficient (Wildman–Crippen LogP) is 2.21. The first-order valence-electron chi connectivity index (χ1n) is 5.96. The van der Waals surface area contributed by atoms with E-state index < -0.39 is 4.92 Å². The van der Waals surface area contributed by atoms with E-state index in [4.69, 9.17) is 0 Å². The maximum absolute atomic E-state index is 12.4. The molecule has 0 bridgehead atoms. The van der Waals surface area contributed by atoms with Gasteiger partial charge in [0, 0.05) is 30.6 Å². The first-order chi connectivity index (χ1) is 9.41. The van der Waals surface area contributed by atoms with Crippen molar-refractivity contribution in [3.63, 3.8) is 0 Å². The van der Waals surface area contributed by atoms with Crippen molar-refractivity contribution in [1.29, 1.82) is 0 Å². The molecule has 1 amide bonds. The minimum absolute atomic E-state index is 0.00901. The number of hydrogen-bond donors (Lipinski definition) is 1. The van der Waals surface area contributed by atoms with Crippen molar-refractivity contribution in [2.75, 3.05) is 11.9 Å². The molecule has 0 spiro atoms. The molecule has 0 aliphatic carbocycles. The van der Waals surface area contributed by atoms with Crippen molar-refractivity contribution in [2.24, 2.45) is 0 Å². The normalized spacial score (nSPS) is 10.3. The second-order valence-electron chi connectivity index (χ2n) is 4.45. The second-order valence-corrected chi connectivity index (χ2v) is 4.45. The number of rotatable bonds is 3. The number of carbonyl (C=O) groups excluding carboxylic acids is 1. The van der Waals surface area contributed by atoms with Crippen LogP contribution in [0.1, 0.15) is 21.7 Å². The van der Waals surface area contributed by atoms with Gasteiger partial charge in [-0.15, -0.1) is 0 Å². The average Bonchev–Trinajstić information content (AvgIpc) is 2.76. The van der Waals surface area contributed by atoms with Crippen molar-refractivity contribution in [3.8, 4) is 0 Å². The molecule has 0 atom stereocenters. The zero-order valence-corrected chi connectivity index (χ0v) is 11.4. The fourth-order valence-electron chi connectivity index (χ4n) is 1.95. The predicted molar refractivity (Wildman–Crippen MR) is 73.9 cm³/mol. The first-order valence-corrected chi connectivity index (χ1v) is 5.96. The van der Waals surface area contributed by atoms with Gasteiger partial charge >= 0.3 is 0 Å². The van der Waals surface area contributed by atoms with E-state index in [1.54, 1.807) is 33.0 Å². The Labute approximate surface area is 115 Å². The zero-order chi connectivity index (χ0) is 14.9. The summed E-state index contributed by atoms with van der Waals surface area (Å²) in [6, 6.07) is 5.82. The van der Waals surface area contributed by atoms with Gasteiger partial charge in [0.25, 0.3) is 11.6 Å². The first kappa shape index (κ1) is 13.7. The molecular formula is C13H14N4O3. The summed E-state index contributed by atoms with van der Waals surface area (Å²) in [7, 11) is 1.62. The highest BCUT2D eigenvalue weighted by atomic mass is 16.6. The summed E-state index contributed by atoms with van der Waals surface area (Å²) in [6.07, 6.45) is 0. The van der Waals surface area contributed by atoms with E-state index in [2.05, 4.69) is 10.2 Å². The van der Waals surface area contributed by atoms with E-state index in [9.17, 15) is 14.9 Å². The monoisotopic (exact) mass is 274 g/mol. The molecule has 0 aliphatic heterocycles. The summed E-state index contributed by atoms with van der Waals surface area (Å²) >= 11 is 0. The Morgan fingerprint density at radius 1 is 1.30 bits per heavy atom. The molecule has 1 N–H and O–H groups in total. The molecule has 2 rings (SSSR count). The lowest BCUT2D eigenvalue weighted by molar-refractivity contribution is -0.384. The third-order valence-corrected chi connectivity index (χ3v) is 3.09. The second kappa shape index (κ2) is 5.12. The Balaban J connectivity index is 2.29. The molecule has 2 aromatic rings. The van der Waals surface area contributed by atoms with E-state index in [1.165, 1.54) is 17.0 Å². The van der Waals surface area contributed by atoms with Gasteiger partial charge in [-0.2, -0.15) is 5.10 Å². The molecule has 0 aliphatic rings. The van der Waals surface area contributed by atoms with Crippen LogP contribution in [0.4, 0.5) is 11.4 Å². The number of aromatic amines is 1. The Morgan fingerprint density at radius 3 is 2.35 bits per heavy atom. The quantitative estimate of drug-likeness (QED) is 0.686. The Morgan fingerprint density at radius 2 is 1.90 bits per heavy atom. The SMILES string of the molecule is Cc1n[nH]c(C)c1C(=O)N(C)c1ccc([N+](=O)[O-])cc1. The Bertz CT molecular complexity index is 641. The molecule has 1 aromatic carbocycles. The van der Waals surface area contributed by atoms with Gasteiger partial charge in [0.05, 0.1) is 16.2 Å². The van der Waals surface area contributed by atoms with Crippen LogP contribution in [-0.2, 0) is 0 Å². The zero-order valence-electron chi connectivity index (χ0n) is 11.4. The van der Waals surface area contributed by atoms with Gasteiger partial charge in [0.2, 0.25) is 0 Å². The van der Waals surface area contributed by atoms with Crippen LogP contribution >= 0.6 is 0 Å². The average molecular weight is 274 g/mol. The molecular weight excluding hydrogens is 260 g/mol. The molecule has 1 aromatic heterocycles. The number of H-pyrrole nitrogens is 1. The number of benzene rings is 1. The maximum Gasteiger partial charge on any atom is 0.269 e. The van der Waals surface area contributed by atoms with Crippen LogP contribution in [0.3, 0.4) is 0 Å². The van der Waals surface area contributed by atoms with Gasteiger partial charge in [-0.1, -0.05) is 0 Å². The van der Waals surface area contributed by atoms with Crippen molar-refractivity contribution < 1.29 is 9.72 Å². The summed E-state index contributed by atoms with van der Waals surface area (Å²) < 4.78 is 0. The van der Waals surface area contributed by atoms with Crippen molar-refractivity contribution >= 4 is 17.3 Å². The van der Waals surface area contributed by atoms with Crippen LogP contribution in [0.5, 0.6) is 0 Å². The number of amides is 1. The summed E-state index contributed by atoms with van der Waals surface area (Å²) in [5, 5.41) is 17.4. The summed E-state index contributed by atoms with van der Waals surface area (Å²) in [5.41, 5.74) is 2.42. The molecule has 0 saturated heterocycles. The number of anilines is 1. The number of nitrogens with one attached hydrogen (secondary N) is 1.